The van der Waals surface area contributed by atoms with Crippen LogP contribution >= 0.6 is 0 Å². The molecule has 0 bridgehead atoms. The van der Waals surface area contributed by atoms with Gasteiger partial charge in [-0.05, 0) is 12.1 Å². The third-order valence-electron chi connectivity index (χ3n) is 2.75. The largest absolute Gasteiger partial charge is 0.545 e. The fraction of sp³-hybridized carbons (Fsp3) is 0. The van der Waals surface area contributed by atoms with Crippen LogP contribution in [0.25, 0.3) is 0 Å². The van der Waals surface area contributed by atoms with Crippen molar-refractivity contribution in [2.75, 3.05) is 5.32 Å². The van der Waals surface area contributed by atoms with E-state index < -0.39 is 28.6 Å². The number of nitrogens with zero attached hydrogens (tertiary/aromatic N) is 2. The number of carboxylic acids is 1. The number of hydrogen-bond donors (Lipinski definition) is 2. The number of carbonyl (C=O) groups excluding carboxylic acids is 3. The molecule has 25 heavy (non-hydrogen) atoms. The van der Waals surface area contributed by atoms with Crippen molar-refractivity contribution in [2.24, 2.45) is 5.10 Å². The molecule has 0 aliphatic carbocycles. The first-order valence-corrected chi connectivity index (χ1v) is 6.57. The number of amides is 2. The Balaban J connectivity index is 1.96. The Hall–Kier alpha value is -4.02. The molecule has 1 heterocycles. The van der Waals surface area contributed by atoms with E-state index in [1.165, 1.54) is 30.3 Å². The van der Waals surface area contributed by atoms with Gasteiger partial charge in [-0.2, -0.15) is 5.10 Å². The van der Waals surface area contributed by atoms with Gasteiger partial charge in [-0.25, -0.2) is 5.43 Å². The Morgan fingerprint density at radius 1 is 1.12 bits per heavy atom. The molecule has 0 fully saturated rings. The average Bonchev–Trinajstić information content (AvgIpc) is 3.04. The van der Waals surface area contributed by atoms with Crippen LogP contribution in [-0.4, -0.2) is 28.9 Å². The number of para-hydroxylation sites is 1. The summed E-state index contributed by atoms with van der Waals surface area (Å²) in [5.41, 5.74) is 1.45. The first-order valence-electron chi connectivity index (χ1n) is 6.57. The number of hydrogen-bond acceptors (Lipinski definition) is 8. The molecule has 1 aromatic heterocycles. The molecule has 2 amide bonds. The normalized spacial score (nSPS) is 10.4. The number of nitrogens with one attached hydrogen (secondary N) is 2. The van der Waals surface area contributed by atoms with Gasteiger partial charge in [0.2, 0.25) is 0 Å². The Bertz CT molecular complexity index is 872. The number of benzene rings is 1. The quantitative estimate of drug-likeness (QED) is 0.323. The monoisotopic (exact) mass is 345 g/mol. The van der Waals surface area contributed by atoms with Crippen LogP contribution in [0.2, 0.25) is 0 Å². The van der Waals surface area contributed by atoms with E-state index in [1.54, 1.807) is 0 Å². The molecule has 128 valence electrons. The lowest BCUT2D eigenvalue weighted by molar-refractivity contribution is -0.402. The Morgan fingerprint density at radius 3 is 2.48 bits per heavy atom. The second-order valence-corrected chi connectivity index (χ2v) is 4.42. The zero-order valence-corrected chi connectivity index (χ0v) is 12.3. The Labute approximate surface area is 139 Å². The molecule has 0 saturated heterocycles. The Kier molecular flexibility index (Phi) is 5.20. The summed E-state index contributed by atoms with van der Waals surface area (Å²) in [5.74, 6) is -4.41. The molecule has 2 N–H and O–H groups in total. The number of carbonyl (C=O) groups is 3. The third kappa shape index (κ3) is 4.48. The van der Waals surface area contributed by atoms with Crippen molar-refractivity contribution in [3.05, 3.63) is 57.8 Å². The molecule has 0 saturated carbocycles. The van der Waals surface area contributed by atoms with Crippen LogP contribution < -0.4 is 15.8 Å². The van der Waals surface area contributed by atoms with Crippen LogP contribution in [0.15, 0.2) is 45.9 Å². The predicted molar refractivity (Wildman–Crippen MR) is 80.5 cm³/mol. The first kappa shape index (κ1) is 17.3. The first-order chi connectivity index (χ1) is 11.9. The van der Waals surface area contributed by atoms with Gasteiger partial charge in [0.25, 0.3) is 0 Å². The maximum absolute atomic E-state index is 11.7. The van der Waals surface area contributed by atoms with Crippen LogP contribution in [0.3, 0.4) is 0 Å². The summed E-state index contributed by atoms with van der Waals surface area (Å²) in [6.07, 6.45) is 0.952. The molecule has 0 spiro atoms. The van der Waals surface area contributed by atoms with E-state index in [-0.39, 0.29) is 17.0 Å². The van der Waals surface area contributed by atoms with E-state index in [2.05, 4.69) is 10.4 Å². The van der Waals surface area contributed by atoms with Crippen LogP contribution in [0.4, 0.5) is 11.6 Å². The van der Waals surface area contributed by atoms with Gasteiger partial charge >= 0.3 is 17.7 Å². The SMILES string of the molecule is O=C(N/N=C\c1ccc([N+](=O)[O-])o1)C(=O)Nc1ccccc1C(=O)[O-]. The topological polar surface area (TPSA) is 167 Å². The number of furan rings is 1. The number of rotatable bonds is 5. The highest BCUT2D eigenvalue weighted by Crippen LogP contribution is 2.14. The highest BCUT2D eigenvalue weighted by atomic mass is 16.6. The minimum absolute atomic E-state index is 0.0188. The van der Waals surface area contributed by atoms with E-state index >= 15 is 0 Å². The maximum Gasteiger partial charge on any atom is 0.433 e. The van der Waals surface area contributed by atoms with Gasteiger partial charge in [-0.15, -0.1) is 0 Å². The summed E-state index contributed by atoms with van der Waals surface area (Å²) in [6, 6.07) is 7.69. The molecule has 0 radical (unpaired) electrons. The molecule has 11 nitrogen and oxygen atoms in total. The fourth-order valence-electron chi connectivity index (χ4n) is 1.66. The molecule has 0 aliphatic heterocycles. The van der Waals surface area contributed by atoms with Gasteiger partial charge in [-0.3, -0.25) is 19.7 Å². The second-order valence-electron chi connectivity index (χ2n) is 4.42. The van der Waals surface area contributed by atoms with Crippen molar-refractivity contribution >= 4 is 35.6 Å². The molecular formula is C14H9N4O7-. The van der Waals surface area contributed by atoms with Crippen LogP contribution in [0.1, 0.15) is 16.1 Å². The zero-order chi connectivity index (χ0) is 18.4. The average molecular weight is 345 g/mol. The van der Waals surface area contributed by atoms with Gasteiger partial charge < -0.3 is 19.6 Å². The predicted octanol–water partition coefficient (Wildman–Crippen LogP) is -0.360. The summed E-state index contributed by atoms with van der Waals surface area (Å²) in [5, 5.41) is 26.8. The van der Waals surface area contributed by atoms with Gasteiger partial charge in [0.1, 0.15) is 4.92 Å². The Morgan fingerprint density at radius 2 is 1.84 bits per heavy atom. The summed E-state index contributed by atoms with van der Waals surface area (Å²) < 4.78 is 4.75. The minimum atomic E-state index is -1.52. The molecule has 2 aromatic rings. The minimum Gasteiger partial charge on any atom is -0.545 e. The van der Waals surface area contributed by atoms with Crippen LogP contribution in [0, 0.1) is 10.1 Å². The van der Waals surface area contributed by atoms with Crippen LogP contribution in [0.5, 0.6) is 0 Å². The van der Waals surface area contributed by atoms with E-state index in [9.17, 15) is 29.6 Å². The van der Waals surface area contributed by atoms with Crippen molar-refractivity contribution in [1.82, 2.24) is 5.43 Å². The van der Waals surface area contributed by atoms with Gasteiger partial charge in [-0.1, -0.05) is 18.2 Å². The maximum atomic E-state index is 11.7. The van der Waals surface area contributed by atoms with E-state index in [1.807, 2.05) is 5.43 Å². The van der Waals surface area contributed by atoms with E-state index in [4.69, 9.17) is 4.42 Å². The molecule has 2 rings (SSSR count). The standard InChI is InChI=1S/C14H10N4O7/c19-12(16-10-4-2-1-3-9(10)14(21)22)13(20)17-15-7-8-5-6-11(25-8)18(23)24/h1-7H,(H,16,19)(H,17,20)(H,21,22)/p-1/b15-7-. The fourth-order valence-corrected chi connectivity index (χ4v) is 1.66. The lowest BCUT2D eigenvalue weighted by atomic mass is 10.2. The van der Waals surface area contributed by atoms with Crippen molar-refractivity contribution in [2.45, 2.75) is 0 Å². The van der Waals surface area contributed by atoms with E-state index in [0.29, 0.717) is 0 Å². The second kappa shape index (κ2) is 7.50. The lowest BCUT2D eigenvalue weighted by Gasteiger charge is -2.10. The number of carboxylic acid groups (broad SMARTS) is 1. The van der Waals surface area contributed by atoms with Gasteiger partial charge in [0.05, 0.1) is 23.9 Å². The van der Waals surface area contributed by atoms with Gasteiger partial charge in [0.15, 0.2) is 5.76 Å². The number of anilines is 1. The van der Waals surface area contributed by atoms with Crippen molar-refractivity contribution in [3.63, 3.8) is 0 Å². The number of aromatic carboxylic acids is 1. The summed E-state index contributed by atoms with van der Waals surface area (Å²) in [6.45, 7) is 0. The highest BCUT2D eigenvalue weighted by molar-refractivity contribution is 6.39. The van der Waals surface area contributed by atoms with Gasteiger partial charge in [0, 0.05) is 5.56 Å². The molecule has 0 unspecified atom stereocenters. The molecule has 11 heteroatoms. The van der Waals surface area contributed by atoms with Crippen molar-refractivity contribution in [3.8, 4) is 0 Å². The summed E-state index contributed by atoms with van der Waals surface area (Å²) in [4.78, 5) is 43.9. The van der Waals surface area contributed by atoms with Crippen LogP contribution in [-0.2, 0) is 9.59 Å². The lowest BCUT2D eigenvalue weighted by Crippen LogP contribution is -2.33. The molecule has 1 aromatic carbocycles. The smallest absolute Gasteiger partial charge is 0.433 e. The summed E-state index contributed by atoms with van der Waals surface area (Å²) in [7, 11) is 0. The number of nitro groups is 1. The third-order valence-corrected chi connectivity index (χ3v) is 2.75. The van der Waals surface area contributed by atoms with Crippen molar-refractivity contribution in [1.29, 1.82) is 0 Å². The highest BCUT2D eigenvalue weighted by Gasteiger charge is 2.15. The molecular weight excluding hydrogens is 336 g/mol. The molecule has 0 atom stereocenters. The summed E-state index contributed by atoms with van der Waals surface area (Å²) >= 11 is 0. The van der Waals surface area contributed by atoms with E-state index in [0.717, 1.165) is 12.3 Å². The number of hydrazone groups is 1. The van der Waals surface area contributed by atoms with Crippen molar-refractivity contribution < 1.29 is 28.8 Å². The molecule has 0 aliphatic rings. The zero-order valence-electron chi connectivity index (χ0n) is 12.3.